The van der Waals surface area contributed by atoms with Crippen molar-refractivity contribution in [3.8, 4) is 0 Å². The van der Waals surface area contributed by atoms with Crippen LogP contribution >= 0.6 is 11.6 Å². The van der Waals surface area contributed by atoms with Crippen LogP contribution in [0.15, 0.2) is 16.7 Å². The van der Waals surface area contributed by atoms with Gasteiger partial charge in [-0.1, -0.05) is 30.1 Å². The Bertz CT molecular complexity index is 627. The largest absolute Gasteiger partial charge is 0.352 e. The molecule has 0 atom stereocenters. The Balaban J connectivity index is 1.93. The van der Waals surface area contributed by atoms with Gasteiger partial charge < -0.3 is 9.84 Å². The molecule has 112 valence electrons. The summed E-state index contributed by atoms with van der Waals surface area (Å²) in [6, 6.07) is 3.33. The molecule has 1 amide bonds. The quantitative estimate of drug-likeness (QED) is 0.828. The molecule has 0 radical (unpaired) electrons. The number of hydrogen-bond acceptors (Lipinski definition) is 5. The van der Waals surface area contributed by atoms with E-state index in [1.807, 2.05) is 0 Å². The van der Waals surface area contributed by atoms with Crippen molar-refractivity contribution in [2.45, 2.75) is 33.1 Å². The van der Waals surface area contributed by atoms with Gasteiger partial charge in [-0.2, -0.15) is 4.98 Å². The molecule has 0 aliphatic heterocycles. The van der Waals surface area contributed by atoms with E-state index in [1.165, 1.54) is 0 Å². The second-order valence-electron chi connectivity index (χ2n) is 4.66. The van der Waals surface area contributed by atoms with E-state index in [-0.39, 0.29) is 5.91 Å². The number of amides is 1. The summed E-state index contributed by atoms with van der Waals surface area (Å²) in [7, 11) is 0. The van der Waals surface area contributed by atoms with Gasteiger partial charge >= 0.3 is 0 Å². The first-order valence-corrected chi connectivity index (χ1v) is 7.20. The Hall–Kier alpha value is -1.95. The van der Waals surface area contributed by atoms with Gasteiger partial charge in [0, 0.05) is 24.2 Å². The molecule has 2 rings (SSSR count). The first-order chi connectivity index (χ1) is 10.1. The highest BCUT2D eigenvalue weighted by Gasteiger charge is 2.10. The third-order valence-electron chi connectivity index (χ3n) is 2.81. The lowest BCUT2D eigenvalue weighted by atomic mass is 10.1. The summed E-state index contributed by atoms with van der Waals surface area (Å²) in [5.41, 5.74) is 1.34. The Morgan fingerprint density at radius 2 is 2.14 bits per heavy atom. The molecule has 7 heteroatoms. The maximum atomic E-state index is 12.1. The molecule has 0 saturated heterocycles. The van der Waals surface area contributed by atoms with E-state index in [4.69, 9.17) is 16.1 Å². The van der Waals surface area contributed by atoms with Gasteiger partial charge in [0.05, 0.1) is 0 Å². The Labute approximate surface area is 127 Å². The fraction of sp³-hybridized carbons (Fsp3) is 0.429. The van der Waals surface area contributed by atoms with E-state index >= 15 is 0 Å². The molecule has 2 heterocycles. The van der Waals surface area contributed by atoms with E-state index in [0.29, 0.717) is 35.4 Å². The molecule has 2 aromatic heterocycles. The minimum absolute atomic E-state index is 0.187. The summed E-state index contributed by atoms with van der Waals surface area (Å²) in [4.78, 5) is 20.3. The number of hydrogen-bond donors (Lipinski definition) is 1. The first kappa shape index (κ1) is 15.4. The van der Waals surface area contributed by atoms with E-state index in [2.05, 4.69) is 27.4 Å². The van der Waals surface area contributed by atoms with Crippen molar-refractivity contribution in [3.05, 3.63) is 40.3 Å². The van der Waals surface area contributed by atoms with E-state index in [1.54, 1.807) is 19.1 Å². The van der Waals surface area contributed by atoms with Crippen molar-refractivity contribution >= 4 is 17.5 Å². The average Bonchev–Trinajstić information content (AvgIpc) is 2.84. The molecule has 0 fully saturated rings. The number of pyridine rings is 1. The maximum absolute atomic E-state index is 12.1. The monoisotopic (exact) mass is 308 g/mol. The summed E-state index contributed by atoms with van der Waals surface area (Å²) in [5, 5.41) is 6.82. The minimum Gasteiger partial charge on any atom is -0.352 e. The van der Waals surface area contributed by atoms with Gasteiger partial charge in [-0.05, 0) is 25.5 Å². The minimum atomic E-state index is -0.187. The molecular formula is C14H17ClN4O2. The maximum Gasteiger partial charge on any atom is 0.251 e. The fourth-order valence-electron chi connectivity index (χ4n) is 1.89. The van der Waals surface area contributed by atoms with Crippen LogP contribution in [0.5, 0.6) is 0 Å². The molecule has 0 aliphatic carbocycles. The lowest BCUT2D eigenvalue weighted by molar-refractivity contribution is 0.0953. The number of nitrogens with one attached hydrogen (secondary N) is 1. The number of rotatable bonds is 6. The molecule has 0 aromatic carbocycles. The van der Waals surface area contributed by atoms with Crippen LogP contribution in [-0.4, -0.2) is 27.6 Å². The number of halogens is 1. The van der Waals surface area contributed by atoms with Crippen molar-refractivity contribution in [2.75, 3.05) is 6.54 Å². The van der Waals surface area contributed by atoms with Crippen LogP contribution in [0.2, 0.25) is 5.15 Å². The smallest absolute Gasteiger partial charge is 0.251 e. The zero-order valence-electron chi connectivity index (χ0n) is 12.0. The summed E-state index contributed by atoms with van der Waals surface area (Å²) in [6.45, 7) is 4.22. The predicted molar refractivity (Wildman–Crippen MR) is 78.3 cm³/mol. The highest BCUT2D eigenvalue weighted by Crippen LogP contribution is 2.12. The summed E-state index contributed by atoms with van der Waals surface area (Å²) in [5.74, 6) is 0.904. The fourth-order valence-corrected chi connectivity index (χ4v) is 2.12. The van der Waals surface area contributed by atoms with Crippen molar-refractivity contribution in [2.24, 2.45) is 0 Å². The molecule has 1 N–H and O–H groups in total. The average molecular weight is 309 g/mol. The van der Waals surface area contributed by atoms with Crippen molar-refractivity contribution in [3.63, 3.8) is 0 Å². The second kappa shape index (κ2) is 7.17. The highest BCUT2D eigenvalue weighted by atomic mass is 35.5. The van der Waals surface area contributed by atoms with Crippen molar-refractivity contribution in [1.29, 1.82) is 0 Å². The molecule has 0 aliphatic rings. The van der Waals surface area contributed by atoms with Gasteiger partial charge in [0.25, 0.3) is 5.91 Å². The van der Waals surface area contributed by atoms with Crippen molar-refractivity contribution in [1.82, 2.24) is 20.4 Å². The van der Waals surface area contributed by atoms with E-state index < -0.39 is 0 Å². The molecule has 0 unspecified atom stereocenters. The lowest BCUT2D eigenvalue weighted by Crippen LogP contribution is -2.26. The highest BCUT2D eigenvalue weighted by molar-refractivity contribution is 6.29. The molecule has 0 saturated carbocycles. The molecule has 2 aromatic rings. The Morgan fingerprint density at radius 1 is 1.33 bits per heavy atom. The van der Waals surface area contributed by atoms with Crippen LogP contribution in [0.3, 0.4) is 0 Å². The molecular weight excluding hydrogens is 292 g/mol. The van der Waals surface area contributed by atoms with E-state index in [9.17, 15) is 4.79 Å². The van der Waals surface area contributed by atoms with Crippen LogP contribution in [0.25, 0.3) is 0 Å². The summed E-state index contributed by atoms with van der Waals surface area (Å²) in [6.07, 6.45) is 2.24. The SMILES string of the molecule is CCCc1cc(C(=O)NCCc2nc(C)no2)cc(Cl)n1. The van der Waals surface area contributed by atoms with Crippen LogP contribution in [0.4, 0.5) is 0 Å². The zero-order valence-corrected chi connectivity index (χ0v) is 12.8. The van der Waals surface area contributed by atoms with Gasteiger partial charge in [-0.25, -0.2) is 4.98 Å². The number of carbonyl (C=O) groups is 1. The second-order valence-corrected chi connectivity index (χ2v) is 5.05. The first-order valence-electron chi connectivity index (χ1n) is 6.82. The van der Waals surface area contributed by atoms with Crippen LogP contribution in [0.1, 0.15) is 41.1 Å². The normalized spacial score (nSPS) is 10.6. The number of nitrogens with zero attached hydrogens (tertiary/aromatic N) is 3. The van der Waals surface area contributed by atoms with Gasteiger partial charge in [0.2, 0.25) is 5.89 Å². The van der Waals surface area contributed by atoms with Gasteiger partial charge in [0.1, 0.15) is 5.15 Å². The summed E-state index contributed by atoms with van der Waals surface area (Å²) >= 11 is 5.94. The van der Waals surface area contributed by atoms with Crippen LogP contribution < -0.4 is 5.32 Å². The van der Waals surface area contributed by atoms with Gasteiger partial charge in [0.15, 0.2) is 5.82 Å². The topological polar surface area (TPSA) is 80.9 Å². The summed E-state index contributed by atoms with van der Waals surface area (Å²) < 4.78 is 4.98. The molecule has 21 heavy (non-hydrogen) atoms. The number of carbonyl (C=O) groups excluding carboxylic acids is 1. The Morgan fingerprint density at radius 3 is 2.81 bits per heavy atom. The lowest BCUT2D eigenvalue weighted by Gasteiger charge is -2.06. The van der Waals surface area contributed by atoms with E-state index in [0.717, 1.165) is 18.5 Å². The van der Waals surface area contributed by atoms with Crippen LogP contribution in [-0.2, 0) is 12.8 Å². The van der Waals surface area contributed by atoms with Gasteiger partial charge in [-0.15, -0.1) is 0 Å². The standard InChI is InChI=1S/C14H17ClN4O2/c1-3-4-11-7-10(8-12(15)18-11)14(20)16-6-5-13-17-9(2)19-21-13/h7-8H,3-6H2,1-2H3,(H,16,20). The molecule has 6 nitrogen and oxygen atoms in total. The van der Waals surface area contributed by atoms with Crippen LogP contribution in [0, 0.1) is 6.92 Å². The molecule has 0 bridgehead atoms. The number of aryl methyl sites for hydroxylation is 2. The Kier molecular flexibility index (Phi) is 5.27. The predicted octanol–water partition coefficient (Wildman–Crippen LogP) is 2.35. The van der Waals surface area contributed by atoms with Gasteiger partial charge in [-0.3, -0.25) is 4.79 Å². The zero-order chi connectivity index (χ0) is 15.2. The third kappa shape index (κ3) is 4.53. The van der Waals surface area contributed by atoms with Crippen molar-refractivity contribution < 1.29 is 9.32 Å². The third-order valence-corrected chi connectivity index (χ3v) is 3.00. The number of aromatic nitrogens is 3. The molecule has 0 spiro atoms.